The van der Waals surface area contributed by atoms with Gasteiger partial charge >= 0.3 is 0 Å². The van der Waals surface area contributed by atoms with Gasteiger partial charge in [-0.25, -0.2) is 4.39 Å². The van der Waals surface area contributed by atoms with E-state index in [0.717, 1.165) is 16.8 Å². The summed E-state index contributed by atoms with van der Waals surface area (Å²) in [5.41, 5.74) is 6.00. The largest absolute Gasteiger partial charge is 0.494 e. The van der Waals surface area contributed by atoms with Gasteiger partial charge in [0.25, 0.3) is 11.8 Å². The quantitative estimate of drug-likeness (QED) is 0.474. The van der Waals surface area contributed by atoms with Gasteiger partial charge in [0, 0.05) is 23.9 Å². The van der Waals surface area contributed by atoms with E-state index in [1.54, 1.807) is 18.5 Å². The molecule has 2 N–H and O–H groups in total. The predicted molar refractivity (Wildman–Crippen MR) is 105 cm³/mol. The number of hydrogen-bond donors (Lipinski definition) is 2. The van der Waals surface area contributed by atoms with Gasteiger partial charge in [0.15, 0.2) is 16.7 Å². The average Bonchev–Trinajstić information content (AvgIpc) is 3.15. The summed E-state index contributed by atoms with van der Waals surface area (Å²) in [6.45, 7) is 0. The summed E-state index contributed by atoms with van der Waals surface area (Å²) in [6, 6.07) is 10.7. The smallest absolute Gasteiger partial charge is 0.269 e. The molecule has 150 valence electrons. The van der Waals surface area contributed by atoms with Gasteiger partial charge < -0.3 is 9.30 Å². The molecule has 10 heteroatoms. The van der Waals surface area contributed by atoms with Crippen LogP contribution in [0.25, 0.3) is 0 Å². The highest BCUT2D eigenvalue weighted by Gasteiger charge is 2.12. The zero-order valence-electron chi connectivity index (χ0n) is 15.7. The number of aromatic nitrogens is 3. The zero-order chi connectivity index (χ0) is 20.8. The number of benzene rings is 2. The minimum absolute atomic E-state index is 0.0306. The van der Waals surface area contributed by atoms with Crippen LogP contribution in [-0.2, 0) is 12.8 Å². The second-order valence-electron chi connectivity index (χ2n) is 5.97. The lowest BCUT2D eigenvalue weighted by Gasteiger charge is -2.09. The molecule has 2 amide bonds. The molecule has 0 atom stereocenters. The second-order valence-corrected chi connectivity index (χ2v) is 6.91. The van der Waals surface area contributed by atoms with E-state index >= 15 is 0 Å². The second kappa shape index (κ2) is 9.20. The third-order valence-electron chi connectivity index (χ3n) is 3.96. The number of carbonyl (C=O) groups excluding carboxylic acids is 2. The van der Waals surface area contributed by atoms with Gasteiger partial charge in [-0.3, -0.25) is 20.4 Å². The van der Waals surface area contributed by atoms with Gasteiger partial charge in [-0.15, -0.1) is 10.2 Å². The minimum atomic E-state index is -0.666. The molecule has 0 aliphatic heterocycles. The maximum atomic E-state index is 13.7. The molecule has 8 nitrogen and oxygen atoms in total. The summed E-state index contributed by atoms with van der Waals surface area (Å²) in [7, 11) is 3.20. The van der Waals surface area contributed by atoms with Gasteiger partial charge in [-0.2, -0.15) is 0 Å². The topological polar surface area (TPSA) is 98.1 Å². The van der Waals surface area contributed by atoms with E-state index in [2.05, 4.69) is 21.0 Å². The summed E-state index contributed by atoms with van der Waals surface area (Å²) in [5, 5.41) is 8.61. The first-order valence-corrected chi connectivity index (χ1v) is 9.46. The molecule has 0 radical (unpaired) electrons. The first-order valence-electron chi connectivity index (χ1n) is 8.48. The highest BCUT2D eigenvalue weighted by molar-refractivity contribution is 7.98. The Kier molecular flexibility index (Phi) is 6.45. The van der Waals surface area contributed by atoms with Crippen LogP contribution in [0.4, 0.5) is 4.39 Å². The molecule has 29 heavy (non-hydrogen) atoms. The monoisotopic (exact) mass is 415 g/mol. The van der Waals surface area contributed by atoms with Crippen LogP contribution >= 0.6 is 11.8 Å². The molecule has 0 saturated carbocycles. The molecule has 0 aliphatic carbocycles. The molecule has 0 aliphatic rings. The van der Waals surface area contributed by atoms with Crippen LogP contribution in [0.3, 0.4) is 0 Å². The zero-order valence-corrected chi connectivity index (χ0v) is 16.5. The van der Waals surface area contributed by atoms with Crippen LogP contribution in [0.1, 0.15) is 26.3 Å². The Labute approximate surface area is 170 Å². The SMILES string of the molecule is COc1ccc(C(=O)NNC(=O)c2ccc(CSc3nncn3C)cc2)cc1F. The van der Waals surface area contributed by atoms with Gasteiger partial charge in [0.05, 0.1) is 7.11 Å². The number of methoxy groups -OCH3 is 1. The van der Waals surface area contributed by atoms with E-state index in [4.69, 9.17) is 4.74 Å². The highest BCUT2D eigenvalue weighted by Crippen LogP contribution is 2.20. The summed E-state index contributed by atoms with van der Waals surface area (Å²) < 4.78 is 20.3. The molecule has 3 aromatic rings. The van der Waals surface area contributed by atoms with Crippen molar-refractivity contribution in [1.29, 1.82) is 0 Å². The number of ether oxygens (including phenoxy) is 1. The lowest BCUT2D eigenvalue weighted by atomic mass is 10.1. The Morgan fingerprint density at radius 3 is 2.34 bits per heavy atom. The van der Waals surface area contributed by atoms with Crippen molar-refractivity contribution in [3.8, 4) is 5.75 Å². The first-order chi connectivity index (χ1) is 14.0. The maximum absolute atomic E-state index is 13.7. The standard InChI is InChI=1S/C19H18FN5O3S/c1-25-11-21-24-19(25)29-10-12-3-5-13(6-4-12)17(26)22-23-18(27)14-7-8-16(28-2)15(20)9-14/h3-9,11H,10H2,1-2H3,(H,22,26)(H,23,27). The van der Waals surface area contributed by atoms with E-state index < -0.39 is 17.6 Å². The molecular formula is C19H18FN5O3S. The molecule has 0 spiro atoms. The van der Waals surface area contributed by atoms with Crippen molar-refractivity contribution in [2.75, 3.05) is 7.11 Å². The third kappa shape index (κ3) is 5.11. The molecule has 0 unspecified atom stereocenters. The highest BCUT2D eigenvalue weighted by atomic mass is 32.2. The Balaban J connectivity index is 1.53. The Hall–Kier alpha value is -3.40. The number of halogens is 1. The normalized spacial score (nSPS) is 10.4. The number of thioether (sulfide) groups is 1. The maximum Gasteiger partial charge on any atom is 0.269 e. The summed E-state index contributed by atoms with van der Waals surface area (Å²) in [5.74, 6) is -1.09. The molecule has 3 rings (SSSR count). The number of hydrogen-bond acceptors (Lipinski definition) is 6. The number of amides is 2. The number of carbonyl (C=O) groups is 2. The van der Waals surface area contributed by atoms with Crippen LogP contribution in [0.15, 0.2) is 53.9 Å². The van der Waals surface area contributed by atoms with Crippen molar-refractivity contribution in [1.82, 2.24) is 25.6 Å². The number of nitrogens with one attached hydrogen (secondary N) is 2. The molecule has 2 aromatic carbocycles. The lowest BCUT2D eigenvalue weighted by molar-refractivity contribution is 0.0846. The molecule has 1 aromatic heterocycles. The summed E-state index contributed by atoms with van der Waals surface area (Å²) in [6.07, 6.45) is 1.63. The van der Waals surface area contributed by atoms with E-state index in [9.17, 15) is 14.0 Å². The fraction of sp³-hybridized carbons (Fsp3) is 0.158. The first kappa shape index (κ1) is 20.3. The number of hydrazine groups is 1. The van der Waals surface area contributed by atoms with Crippen LogP contribution in [0.5, 0.6) is 5.75 Å². The van der Waals surface area contributed by atoms with Crippen molar-refractivity contribution < 1.29 is 18.7 Å². The van der Waals surface area contributed by atoms with Gasteiger partial charge in [-0.1, -0.05) is 23.9 Å². The summed E-state index contributed by atoms with van der Waals surface area (Å²) >= 11 is 1.53. The van der Waals surface area contributed by atoms with Crippen LogP contribution in [0, 0.1) is 5.82 Å². The average molecular weight is 415 g/mol. The van der Waals surface area contributed by atoms with Gasteiger partial charge in [0.2, 0.25) is 0 Å². The van der Waals surface area contributed by atoms with E-state index in [1.807, 2.05) is 23.7 Å². The molecular weight excluding hydrogens is 397 g/mol. The third-order valence-corrected chi connectivity index (χ3v) is 5.06. The van der Waals surface area contributed by atoms with E-state index in [1.165, 1.54) is 31.0 Å². The molecule has 0 saturated heterocycles. The minimum Gasteiger partial charge on any atom is -0.494 e. The van der Waals surface area contributed by atoms with Crippen LogP contribution in [0.2, 0.25) is 0 Å². The van der Waals surface area contributed by atoms with Crippen molar-refractivity contribution in [2.24, 2.45) is 7.05 Å². The summed E-state index contributed by atoms with van der Waals surface area (Å²) in [4.78, 5) is 24.3. The van der Waals surface area contributed by atoms with Gasteiger partial charge in [-0.05, 0) is 35.9 Å². The van der Waals surface area contributed by atoms with Crippen molar-refractivity contribution in [3.05, 3.63) is 71.3 Å². The lowest BCUT2D eigenvalue weighted by Crippen LogP contribution is -2.41. The van der Waals surface area contributed by atoms with Crippen molar-refractivity contribution >= 4 is 23.6 Å². The number of aryl methyl sites for hydroxylation is 1. The molecule has 0 bridgehead atoms. The Bertz CT molecular complexity index is 1020. The fourth-order valence-electron chi connectivity index (χ4n) is 2.37. The molecule has 1 heterocycles. The van der Waals surface area contributed by atoms with Gasteiger partial charge in [0.1, 0.15) is 6.33 Å². The Morgan fingerprint density at radius 1 is 1.10 bits per heavy atom. The van der Waals surface area contributed by atoms with Crippen LogP contribution < -0.4 is 15.6 Å². The molecule has 0 fully saturated rings. The number of nitrogens with zero attached hydrogens (tertiary/aromatic N) is 3. The van der Waals surface area contributed by atoms with Crippen LogP contribution in [-0.4, -0.2) is 33.7 Å². The fourth-order valence-corrected chi connectivity index (χ4v) is 3.21. The van der Waals surface area contributed by atoms with E-state index in [-0.39, 0.29) is 11.3 Å². The van der Waals surface area contributed by atoms with E-state index in [0.29, 0.717) is 11.3 Å². The number of rotatable bonds is 6. The van der Waals surface area contributed by atoms with Crippen molar-refractivity contribution in [3.63, 3.8) is 0 Å². The van der Waals surface area contributed by atoms with Crippen molar-refractivity contribution in [2.45, 2.75) is 10.9 Å². The Morgan fingerprint density at radius 2 is 1.76 bits per heavy atom. The predicted octanol–water partition coefficient (Wildman–Crippen LogP) is 2.33.